The highest BCUT2D eigenvalue weighted by molar-refractivity contribution is 6.35. The van der Waals surface area contributed by atoms with E-state index in [4.69, 9.17) is 28.0 Å². The molecule has 0 bridgehead atoms. The third-order valence-electron chi connectivity index (χ3n) is 5.70. The molecule has 0 aromatic heterocycles. The van der Waals surface area contributed by atoms with Crippen LogP contribution in [0.5, 0.6) is 0 Å². The summed E-state index contributed by atoms with van der Waals surface area (Å²) in [4.78, 5) is 34.2. The van der Waals surface area contributed by atoms with E-state index in [9.17, 15) is 9.59 Å². The highest BCUT2D eigenvalue weighted by Crippen LogP contribution is 2.49. The zero-order chi connectivity index (χ0) is 21.7. The SMILES string of the molecule is Cc1ccc(N2C(=O)[C@@H]3[C@@H](ON(c4ccccc4)[C@H]3c3ccc(Cl)cc3Cl)C2=O)cc1. The number of anilines is 2. The van der Waals surface area contributed by atoms with E-state index >= 15 is 0 Å². The van der Waals surface area contributed by atoms with Gasteiger partial charge in [0.15, 0.2) is 6.10 Å². The Kier molecular flexibility index (Phi) is 4.97. The van der Waals surface area contributed by atoms with Crippen molar-refractivity contribution >= 4 is 46.4 Å². The van der Waals surface area contributed by atoms with Crippen molar-refractivity contribution in [1.82, 2.24) is 0 Å². The largest absolute Gasteiger partial charge is 0.273 e. The molecule has 5 nitrogen and oxygen atoms in total. The molecule has 3 aromatic carbocycles. The first-order valence-electron chi connectivity index (χ1n) is 9.86. The lowest BCUT2D eigenvalue weighted by Gasteiger charge is -2.29. The molecule has 3 aromatic rings. The second-order valence-corrected chi connectivity index (χ2v) is 8.51. The molecule has 2 aliphatic heterocycles. The molecular weight excluding hydrogens is 435 g/mol. The minimum Gasteiger partial charge on any atom is -0.273 e. The Morgan fingerprint density at radius 3 is 2.23 bits per heavy atom. The van der Waals surface area contributed by atoms with Gasteiger partial charge in [0.1, 0.15) is 5.92 Å². The maximum atomic E-state index is 13.6. The molecule has 2 aliphatic rings. The molecule has 0 radical (unpaired) electrons. The number of rotatable bonds is 3. The molecular formula is C24H18Cl2N2O3. The van der Waals surface area contributed by atoms with Crippen LogP contribution in [0.1, 0.15) is 17.2 Å². The van der Waals surface area contributed by atoms with E-state index in [0.717, 1.165) is 11.3 Å². The molecule has 0 spiro atoms. The summed E-state index contributed by atoms with van der Waals surface area (Å²) in [6.07, 6.45) is -0.939. The van der Waals surface area contributed by atoms with E-state index in [-0.39, 0.29) is 11.8 Å². The fourth-order valence-corrected chi connectivity index (χ4v) is 4.74. The smallest absolute Gasteiger partial charge is 0.266 e. The van der Waals surface area contributed by atoms with Crippen LogP contribution in [0.15, 0.2) is 72.8 Å². The zero-order valence-corrected chi connectivity index (χ0v) is 18.0. The van der Waals surface area contributed by atoms with Gasteiger partial charge in [0.2, 0.25) is 5.91 Å². The topological polar surface area (TPSA) is 49.9 Å². The lowest BCUT2D eigenvalue weighted by Crippen LogP contribution is -2.37. The van der Waals surface area contributed by atoms with Crippen molar-refractivity contribution in [2.24, 2.45) is 5.92 Å². The van der Waals surface area contributed by atoms with Crippen LogP contribution in [0.2, 0.25) is 10.0 Å². The van der Waals surface area contributed by atoms with Gasteiger partial charge >= 0.3 is 0 Å². The Hall–Kier alpha value is -2.86. The number of carbonyl (C=O) groups is 2. The Balaban J connectivity index is 1.61. The first-order chi connectivity index (χ1) is 15.0. The van der Waals surface area contributed by atoms with Gasteiger partial charge in [-0.3, -0.25) is 14.4 Å². The molecule has 156 valence electrons. The van der Waals surface area contributed by atoms with Crippen LogP contribution in [0.3, 0.4) is 0 Å². The molecule has 3 atom stereocenters. The number of hydrogen-bond acceptors (Lipinski definition) is 4. The Morgan fingerprint density at radius 2 is 1.55 bits per heavy atom. The van der Waals surface area contributed by atoms with Crippen molar-refractivity contribution in [2.75, 3.05) is 9.96 Å². The van der Waals surface area contributed by atoms with Gasteiger partial charge in [-0.05, 0) is 48.9 Å². The van der Waals surface area contributed by atoms with Gasteiger partial charge in [-0.1, -0.05) is 65.2 Å². The van der Waals surface area contributed by atoms with E-state index in [2.05, 4.69) is 0 Å². The molecule has 7 heteroatoms. The van der Waals surface area contributed by atoms with Crippen molar-refractivity contribution in [3.8, 4) is 0 Å². The second-order valence-electron chi connectivity index (χ2n) is 7.67. The molecule has 0 aliphatic carbocycles. The lowest BCUT2D eigenvalue weighted by atomic mass is 9.90. The van der Waals surface area contributed by atoms with E-state index in [0.29, 0.717) is 21.3 Å². The Morgan fingerprint density at radius 1 is 0.839 bits per heavy atom. The minimum atomic E-state index is -0.939. The summed E-state index contributed by atoms with van der Waals surface area (Å²) in [6.45, 7) is 1.95. The molecule has 31 heavy (non-hydrogen) atoms. The predicted molar refractivity (Wildman–Crippen MR) is 120 cm³/mol. The average Bonchev–Trinajstić information content (AvgIpc) is 3.26. The van der Waals surface area contributed by atoms with Gasteiger partial charge in [-0.2, -0.15) is 0 Å². The molecule has 2 amide bonds. The highest BCUT2D eigenvalue weighted by atomic mass is 35.5. The van der Waals surface area contributed by atoms with Crippen LogP contribution in [0.4, 0.5) is 11.4 Å². The van der Waals surface area contributed by atoms with Gasteiger partial charge in [-0.25, -0.2) is 9.96 Å². The van der Waals surface area contributed by atoms with Gasteiger partial charge in [0.05, 0.1) is 17.4 Å². The summed E-state index contributed by atoms with van der Waals surface area (Å²) in [5.74, 6) is -1.44. The van der Waals surface area contributed by atoms with E-state index in [1.807, 2.05) is 49.4 Å². The Bertz CT molecular complexity index is 1170. The van der Waals surface area contributed by atoms with Crippen molar-refractivity contribution in [2.45, 2.75) is 19.1 Å². The van der Waals surface area contributed by atoms with Crippen LogP contribution in [-0.2, 0) is 14.4 Å². The van der Waals surface area contributed by atoms with Crippen LogP contribution >= 0.6 is 23.2 Å². The fourth-order valence-electron chi connectivity index (χ4n) is 4.22. The van der Waals surface area contributed by atoms with Crippen molar-refractivity contribution in [3.63, 3.8) is 0 Å². The van der Waals surface area contributed by atoms with E-state index < -0.39 is 18.1 Å². The van der Waals surface area contributed by atoms with Crippen molar-refractivity contribution < 1.29 is 14.4 Å². The number of carbonyl (C=O) groups excluding carboxylic acids is 2. The molecule has 5 rings (SSSR count). The maximum Gasteiger partial charge on any atom is 0.266 e. The average molecular weight is 453 g/mol. The summed E-state index contributed by atoms with van der Waals surface area (Å²) in [5.41, 5.74) is 2.98. The lowest BCUT2D eigenvalue weighted by molar-refractivity contribution is -0.126. The van der Waals surface area contributed by atoms with E-state index in [1.54, 1.807) is 35.4 Å². The van der Waals surface area contributed by atoms with Crippen LogP contribution in [0, 0.1) is 12.8 Å². The maximum absolute atomic E-state index is 13.6. The summed E-state index contributed by atoms with van der Waals surface area (Å²) < 4.78 is 0. The highest BCUT2D eigenvalue weighted by Gasteiger charge is 2.60. The fraction of sp³-hybridized carbons (Fsp3) is 0.167. The quantitative estimate of drug-likeness (QED) is 0.502. The monoisotopic (exact) mass is 452 g/mol. The van der Waals surface area contributed by atoms with Crippen molar-refractivity contribution in [1.29, 1.82) is 0 Å². The van der Waals surface area contributed by atoms with Gasteiger partial charge in [-0.15, -0.1) is 0 Å². The molecule has 2 heterocycles. The first kappa shape index (κ1) is 20.1. The standard InChI is InChI=1S/C24H18Cl2N2O3/c1-14-7-10-16(11-8-14)27-23(29)20-21(18-12-9-15(25)13-19(18)26)28(31-22(20)24(27)30)17-5-3-2-4-6-17/h2-13,20-22H,1H3/t20-,21-,22+/m0/s1. The molecule has 0 unspecified atom stereocenters. The Labute approximate surface area is 189 Å². The summed E-state index contributed by atoms with van der Waals surface area (Å²) in [6, 6.07) is 21.2. The molecule has 2 fully saturated rings. The number of nitrogens with zero attached hydrogens (tertiary/aromatic N) is 2. The zero-order valence-electron chi connectivity index (χ0n) is 16.5. The number of amides is 2. The number of halogens is 2. The molecule has 0 N–H and O–H groups in total. The second kappa shape index (κ2) is 7.68. The van der Waals surface area contributed by atoms with Crippen LogP contribution in [-0.4, -0.2) is 17.9 Å². The van der Waals surface area contributed by atoms with Crippen molar-refractivity contribution in [3.05, 3.63) is 94.0 Å². The van der Waals surface area contributed by atoms with E-state index in [1.165, 1.54) is 4.90 Å². The van der Waals surface area contributed by atoms with Crippen LogP contribution in [0.25, 0.3) is 0 Å². The first-order valence-corrected chi connectivity index (χ1v) is 10.6. The van der Waals surface area contributed by atoms with Crippen LogP contribution < -0.4 is 9.96 Å². The normalized spacial score (nSPS) is 22.9. The number of aryl methyl sites for hydroxylation is 1. The number of hydroxylamine groups is 1. The molecule has 2 saturated heterocycles. The number of imide groups is 1. The molecule has 0 saturated carbocycles. The number of hydrogen-bond donors (Lipinski definition) is 0. The minimum absolute atomic E-state index is 0.312. The summed E-state index contributed by atoms with van der Waals surface area (Å²) >= 11 is 12.6. The number of fused-ring (bicyclic) bond motifs is 1. The third-order valence-corrected chi connectivity index (χ3v) is 6.26. The van der Waals surface area contributed by atoms with Gasteiger partial charge in [0, 0.05) is 10.0 Å². The third kappa shape index (κ3) is 3.30. The number of para-hydroxylation sites is 1. The van der Waals surface area contributed by atoms with Gasteiger partial charge in [0.25, 0.3) is 5.91 Å². The summed E-state index contributed by atoms with van der Waals surface area (Å²) in [7, 11) is 0. The number of benzene rings is 3. The predicted octanol–water partition coefficient (Wildman–Crippen LogP) is 5.35. The van der Waals surface area contributed by atoms with Gasteiger partial charge < -0.3 is 0 Å². The summed E-state index contributed by atoms with van der Waals surface area (Å²) in [5, 5.41) is 2.52.